The van der Waals surface area contributed by atoms with Gasteiger partial charge in [0, 0.05) is 30.0 Å². The number of alkyl halides is 1. The summed E-state index contributed by atoms with van der Waals surface area (Å²) in [5.74, 6) is 0.705. The predicted octanol–water partition coefficient (Wildman–Crippen LogP) is 5.01. The molecule has 190 valence electrons. The number of fused-ring (bicyclic) bond motifs is 2. The molecule has 7 nitrogen and oxygen atoms in total. The summed E-state index contributed by atoms with van der Waals surface area (Å²) in [6.45, 7) is 0.462. The highest BCUT2D eigenvalue weighted by Crippen LogP contribution is 2.42. The third-order valence-corrected chi connectivity index (χ3v) is 6.58. The van der Waals surface area contributed by atoms with E-state index in [0.717, 1.165) is 12.8 Å². The first-order valence-corrected chi connectivity index (χ1v) is 11.6. The Labute approximate surface area is 210 Å². The lowest BCUT2D eigenvalue weighted by atomic mass is 9.95. The molecule has 3 heterocycles. The molecule has 0 aliphatic carbocycles. The molecule has 0 spiro atoms. The van der Waals surface area contributed by atoms with Gasteiger partial charge in [-0.15, -0.1) is 6.42 Å². The molecule has 1 atom stereocenters. The number of hydrogen-bond donors (Lipinski definition) is 1. The number of terminal acetylenes is 1. The van der Waals surface area contributed by atoms with Crippen LogP contribution in [0, 0.1) is 29.9 Å². The van der Waals surface area contributed by atoms with Crippen LogP contribution in [0.15, 0.2) is 24.3 Å². The minimum atomic E-state index is -0.865. The second-order valence-electron chi connectivity index (χ2n) is 8.81. The number of hydrogen-bond acceptors (Lipinski definition) is 7. The lowest BCUT2D eigenvalue weighted by molar-refractivity contribution is 0.314. The minimum Gasteiger partial charge on any atom is -0.508 e. The Morgan fingerprint density at radius 1 is 1.14 bits per heavy atom. The molecule has 1 N–H and O–H groups in total. The van der Waals surface area contributed by atoms with Gasteiger partial charge in [-0.25, -0.2) is 13.8 Å². The van der Waals surface area contributed by atoms with Crippen molar-refractivity contribution in [2.45, 2.75) is 12.8 Å². The Kier molecular flexibility index (Phi) is 6.38. The number of methoxy groups -OCH3 is 2. The molecule has 0 radical (unpaired) electrons. The number of piperidine rings is 1. The maximum absolute atomic E-state index is 16.3. The van der Waals surface area contributed by atoms with Gasteiger partial charge >= 0.3 is 6.01 Å². The number of rotatable bonds is 5. The number of aromatic hydroxyl groups is 1. The van der Waals surface area contributed by atoms with E-state index in [0.29, 0.717) is 24.3 Å². The number of ether oxygens (including phenoxy) is 2. The Morgan fingerprint density at radius 3 is 2.65 bits per heavy atom. The standard InChI is InChI=1S/C27H23F3N4O3/c1-4-17-19(29)8-7-15-10-16(35)11-18(20(15)17)23-22(30)24-21(26(31-23)36-2)25(33-27(32-24)37-3)34-9-5-6-14(12-28)13-34/h1,7-8,10-11,14,35H,5-6,9,12-13H2,2-3H3. The highest BCUT2D eigenvalue weighted by atomic mass is 19.1. The molecule has 1 fully saturated rings. The number of aromatic nitrogens is 3. The third kappa shape index (κ3) is 4.10. The summed E-state index contributed by atoms with van der Waals surface area (Å²) in [5, 5.41) is 11.2. The van der Waals surface area contributed by atoms with Crippen LogP contribution in [0.4, 0.5) is 19.0 Å². The molecule has 10 heteroatoms. The van der Waals surface area contributed by atoms with Crippen LogP contribution in [-0.4, -0.2) is 54.0 Å². The fraction of sp³-hybridized carbons (Fsp3) is 0.296. The summed E-state index contributed by atoms with van der Waals surface area (Å²) >= 11 is 0. The van der Waals surface area contributed by atoms with Crippen molar-refractivity contribution >= 4 is 27.5 Å². The van der Waals surface area contributed by atoms with Crippen LogP contribution in [0.3, 0.4) is 0 Å². The van der Waals surface area contributed by atoms with E-state index in [1.54, 1.807) is 0 Å². The van der Waals surface area contributed by atoms with Crippen LogP contribution >= 0.6 is 0 Å². The summed E-state index contributed by atoms with van der Waals surface area (Å²) in [4.78, 5) is 14.9. The molecule has 0 bridgehead atoms. The van der Waals surface area contributed by atoms with Gasteiger partial charge in [0.15, 0.2) is 5.82 Å². The topological polar surface area (TPSA) is 80.6 Å². The highest BCUT2D eigenvalue weighted by Gasteiger charge is 2.29. The quantitative estimate of drug-likeness (QED) is 0.380. The van der Waals surface area contributed by atoms with Gasteiger partial charge in [-0.3, -0.25) is 4.39 Å². The molecular formula is C27H23F3N4O3. The lowest BCUT2D eigenvalue weighted by Crippen LogP contribution is -2.37. The van der Waals surface area contributed by atoms with E-state index in [-0.39, 0.29) is 56.7 Å². The molecule has 2 aromatic carbocycles. The van der Waals surface area contributed by atoms with E-state index < -0.39 is 18.3 Å². The Hall–Kier alpha value is -4.26. The number of phenolic OH excluding ortho intramolecular Hbond substituents is 1. The molecule has 4 aromatic rings. The zero-order chi connectivity index (χ0) is 26.3. The van der Waals surface area contributed by atoms with Crippen molar-refractivity contribution in [3.05, 3.63) is 41.5 Å². The van der Waals surface area contributed by atoms with Crippen molar-refractivity contribution in [2.75, 3.05) is 38.9 Å². The smallest absolute Gasteiger partial charge is 0.318 e. The monoisotopic (exact) mass is 508 g/mol. The number of halogens is 3. The second-order valence-corrected chi connectivity index (χ2v) is 8.81. The molecule has 37 heavy (non-hydrogen) atoms. The molecule has 1 unspecified atom stereocenters. The molecule has 0 saturated carbocycles. The number of phenols is 1. The molecule has 1 saturated heterocycles. The Balaban J connectivity index is 1.84. The summed E-state index contributed by atoms with van der Waals surface area (Å²) in [7, 11) is 2.72. The van der Waals surface area contributed by atoms with Crippen LogP contribution < -0.4 is 14.4 Å². The fourth-order valence-electron chi connectivity index (χ4n) is 4.89. The van der Waals surface area contributed by atoms with Crippen molar-refractivity contribution in [1.29, 1.82) is 0 Å². The van der Waals surface area contributed by atoms with Gasteiger partial charge in [0.1, 0.15) is 34.0 Å². The molecule has 1 aliphatic rings. The predicted molar refractivity (Wildman–Crippen MR) is 134 cm³/mol. The van der Waals surface area contributed by atoms with E-state index >= 15 is 4.39 Å². The summed E-state index contributed by atoms with van der Waals surface area (Å²) < 4.78 is 55.2. The van der Waals surface area contributed by atoms with Crippen LogP contribution in [-0.2, 0) is 0 Å². The van der Waals surface area contributed by atoms with E-state index in [9.17, 15) is 13.9 Å². The fourth-order valence-corrected chi connectivity index (χ4v) is 4.89. The molecule has 0 amide bonds. The molecule has 2 aromatic heterocycles. The zero-order valence-corrected chi connectivity index (χ0v) is 20.2. The third-order valence-electron chi connectivity index (χ3n) is 6.58. The summed E-state index contributed by atoms with van der Waals surface area (Å²) in [6, 6.07) is 5.18. The number of pyridine rings is 1. The van der Waals surface area contributed by atoms with Crippen LogP contribution in [0.2, 0.25) is 0 Å². The highest BCUT2D eigenvalue weighted by molar-refractivity contribution is 6.04. The molecule has 5 rings (SSSR count). The average Bonchev–Trinajstić information content (AvgIpc) is 2.92. The first-order valence-electron chi connectivity index (χ1n) is 11.6. The number of benzene rings is 2. The maximum Gasteiger partial charge on any atom is 0.318 e. The van der Waals surface area contributed by atoms with Gasteiger partial charge in [0.05, 0.1) is 26.5 Å². The van der Waals surface area contributed by atoms with Gasteiger partial charge in [-0.05, 0) is 36.4 Å². The first-order chi connectivity index (χ1) is 17.9. The largest absolute Gasteiger partial charge is 0.508 e. The Morgan fingerprint density at radius 2 is 1.95 bits per heavy atom. The van der Waals surface area contributed by atoms with E-state index in [2.05, 4.69) is 20.9 Å². The van der Waals surface area contributed by atoms with Crippen molar-refractivity contribution in [1.82, 2.24) is 15.0 Å². The normalized spacial score (nSPS) is 15.7. The van der Waals surface area contributed by atoms with E-state index in [4.69, 9.17) is 15.9 Å². The summed E-state index contributed by atoms with van der Waals surface area (Å²) in [5.41, 5.74) is -0.436. The maximum atomic E-state index is 16.3. The van der Waals surface area contributed by atoms with Crippen LogP contribution in [0.1, 0.15) is 18.4 Å². The molecular weight excluding hydrogens is 485 g/mol. The van der Waals surface area contributed by atoms with Gasteiger partial charge in [0.2, 0.25) is 5.88 Å². The first kappa shape index (κ1) is 24.4. The average molecular weight is 509 g/mol. The van der Waals surface area contributed by atoms with E-state index in [1.807, 2.05) is 4.90 Å². The van der Waals surface area contributed by atoms with Crippen LogP contribution in [0.25, 0.3) is 32.9 Å². The van der Waals surface area contributed by atoms with Gasteiger partial charge in [-0.1, -0.05) is 12.0 Å². The zero-order valence-electron chi connectivity index (χ0n) is 20.2. The lowest BCUT2D eigenvalue weighted by Gasteiger charge is -2.33. The minimum absolute atomic E-state index is 0.00146. The SMILES string of the molecule is C#Cc1c(F)ccc2cc(O)cc(-c3nc(OC)c4c(N5CCCC(CF)C5)nc(OC)nc4c3F)c12. The second kappa shape index (κ2) is 9.65. The number of anilines is 1. The molecule has 1 aliphatic heterocycles. The number of nitrogens with zero attached hydrogens (tertiary/aromatic N) is 4. The van der Waals surface area contributed by atoms with Gasteiger partial charge in [0.25, 0.3) is 0 Å². The van der Waals surface area contributed by atoms with Crippen molar-refractivity contribution in [3.63, 3.8) is 0 Å². The Bertz CT molecular complexity index is 1570. The summed E-state index contributed by atoms with van der Waals surface area (Å²) in [6.07, 6.45) is 7.06. The van der Waals surface area contributed by atoms with Gasteiger partial charge < -0.3 is 19.5 Å². The van der Waals surface area contributed by atoms with Crippen molar-refractivity contribution in [3.8, 4) is 41.2 Å². The van der Waals surface area contributed by atoms with Crippen molar-refractivity contribution < 1.29 is 27.8 Å². The van der Waals surface area contributed by atoms with Crippen molar-refractivity contribution in [2.24, 2.45) is 5.92 Å². The van der Waals surface area contributed by atoms with E-state index in [1.165, 1.54) is 38.5 Å². The van der Waals surface area contributed by atoms with Crippen LogP contribution in [0.5, 0.6) is 17.6 Å². The van der Waals surface area contributed by atoms with Gasteiger partial charge in [-0.2, -0.15) is 9.97 Å².